The van der Waals surface area contributed by atoms with Gasteiger partial charge in [-0.1, -0.05) is 6.42 Å². The summed E-state index contributed by atoms with van der Waals surface area (Å²) in [5.74, 6) is 1.52. The van der Waals surface area contributed by atoms with Crippen LogP contribution in [0.25, 0.3) is 0 Å². The first-order chi connectivity index (χ1) is 8.24. The van der Waals surface area contributed by atoms with E-state index in [-0.39, 0.29) is 5.91 Å². The Labute approximate surface area is 101 Å². The van der Waals surface area contributed by atoms with Crippen LogP contribution in [0.1, 0.15) is 35.4 Å². The molecule has 2 atom stereocenters. The molecule has 3 rings (SSSR count). The van der Waals surface area contributed by atoms with Crippen LogP contribution in [0.4, 0.5) is 0 Å². The van der Waals surface area contributed by atoms with Crippen LogP contribution in [-0.4, -0.2) is 33.9 Å². The third-order valence-corrected chi connectivity index (χ3v) is 4.01. The summed E-state index contributed by atoms with van der Waals surface area (Å²) in [6.07, 6.45) is 7.15. The molecule has 0 radical (unpaired) electrons. The van der Waals surface area contributed by atoms with Gasteiger partial charge in [0, 0.05) is 19.3 Å². The molecular weight excluding hydrogens is 214 g/mol. The van der Waals surface area contributed by atoms with E-state index in [0.717, 1.165) is 30.6 Å². The van der Waals surface area contributed by atoms with Gasteiger partial charge in [0.2, 0.25) is 0 Å². The molecule has 1 aromatic heterocycles. The Balaban J connectivity index is 1.73. The topological polar surface area (TPSA) is 46.1 Å². The fourth-order valence-electron chi connectivity index (χ4n) is 3.07. The number of carbonyl (C=O) groups is 1. The molecule has 1 aromatic rings. The molecule has 1 aliphatic carbocycles. The molecule has 90 valence electrons. The molecule has 1 aliphatic heterocycles. The van der Waals surface area contributed by atoms with E-state index in [1.54, 1.807) is 12.4 Å². The lowest BCUT2D eigenvalue weighted by atomic mass is 10.0. The van der Waals surface area contributed by atoms with Gasteiger partial charge in [-0.15, -0.1) is 0 Å². The number of likely N-dealkylation sites (tertiary alicyclic amines) is 1. The number of hydrogen-bond acceptors (Lipinski definition) is 3. The third-order valence-electron chi connectivity index (χ3n) is 4.01. The van der Waals surface area contributed by atoms with Gasteiger partial charge in [0.25, 0.3) is 5.91 Å². The Bertz CT molecular complexity index is 417. The molecule has 0 N–H and O–H groups in total. The normalized spacial score (nSPS) is 27.2. The number of amides is 1. The standard InChI is InChI=1S/C13H17N3O/c1-9-5-15-12(6-14-9)13(17)16-7-10-3-2-4-11(10)8-16/h5-6,10-11H,2-4,7-8H2,1H3. The zero-order valence-corrected chi connectivity index (χ0v) is 10.1. The lowest BCUT2D eigenvalue weighted by Crippen LogP contribution is -2.30. The number of aryl methyl sites for hydroxylation is 1. The first-order valence-corrected chi connectivity index (χ1v) is 6.32. The monoisotopic (exact) mass is 231 g/mol. The van der Waals surface area contributed by atoms with E-state index < -0.39 is 0 Å². The highest BCUT2D eigenvalue weighted by molar-refractivity contribution is 5.92. The van der Waals surface area contributed by atoms with Crippen LogP contribution >= 0.6 is 0 Å². The highest BCUT2D eigenvalue weighted by Crippen LogP contribution is 2.37. The number of fused-ring (bicyclic) bond motifs is 1. The summed E-state index contributed by atoms with van der Waals surface area (Å²) in [4.78, 5) is 22.5. The second kappa shape index (κ2) is 4.09. The molecule has 2 fully saturated rings. The maximum Gasteiger partial charge on any atom is 0.274 e. The molecular formula is C13H17N3O. The van der Waals surface area contributed by atoms with Gasteiger partial charge in [-0.05, 0) is 31.6 Å². The van der Waals surface area contributed by atoms with Crippen molar-refractivity contribution < 1.29 is 4.79 Å². The predicted molar refractivity (Wildman–Crippen MR) is 63.5 cm³/mol. The minimum atomic E-state index is 0.0481. The van der Waals surface area contributed by atoms with Crippen LogP contribution in [-0.2, 0) is 0 Å². The van der Waals surface area contributed by atoms with Crippen molar-refractivity contribution >= 4 is 5.91 Å². The van der Waals surface area contributed by atoms with Crippen molar-refractivity contribution in [2.24, 2.45) is 11.8 Å². The number of aromatic nitrogens is 2. The molecule has 17 heavy (non-hydrogen) atoms. The quantitative estimate of drug-likeness (QED) is 0.738. The van der Waals surface area contributed by atoms with Crippen LogP contribution < -0.4 is 0 Å². The first-order valence-electron chi connectivity index (χ1n) is 6.32. The summed E-state index contributed by atoms with van der Waals surface area (Å²) in [6.45, 7) is 3.71. The van der Waals surface area contributed by atoms with Crippen molar-refractivity contribution in [2.75, 3.05) is 13.1 Å². The molecule has 2 heterocycles. The lowest BCUT2D eigenvalue weighted by Gasteiger charge is -2.16. The SMILES string of the molecule is Cc1cnc(C(=O)N2CC3CCCC3C2)cn1. The summed E-state index contributed by atoms with van der Waals surface area (Å²) < 4.78 is 0. The van der Waals surface area contributed by atoms with Crippen LogP contribution in [0.5, 0.6) is 0 Å². The Morgan fingerprint density at radius 3 is 2.53 bits per heavy atom. The Kier molecular flexibility index (Phi) is 2.57. The van der Waals surface area contributed by atoms with Crippen molar-refractivity contribution in [3.63, 3.8) is 0 Å². The third kappa shape index (κ3) is 1.92. The molecule has 1 amide bonds. The van der Waals surface area contributed by atoms with E-state index in [9.17, 15) is 4.79 Å². The zero-order valence-electron chi connectivity index (χ0n) is 10.1. The minimum Gasteiger partial charge on any atom is -0.337 e. The van der Waals surface area contributed by atoms with Crippen molar-refractivity contribution in [2.45, 2.75) is 26.2 Å². The van der Waals surface area contributed by atoms with Gasteiger partial charge in [-0.3, -0.25) is 9.78 Å². The Morgan fingerprint density at radius 1 is 1.24 bits per heavy atom. The minimum absolute atomic E-state index is 0.0481. The van der Waals surface area contributed by atoms with E-state index in [2.05, 4.69) is 9.97 Å². The molecule has 4 heteroatoms. The average molecular weight is 231 g/mol. The summed E-state index contributed by atoms with van der Waals surface area (Å²) in [5, 5.41) is 0. The van der Waals surface area contributed by atoms with Crippen LogP contribution in [0.15, 0.2) is 12.4 Å². The van der Waals surface area contributed by atoms with Crippen molar-refractivity contribution in [1.29, 1.82) is 0 Å². The maximum atomic E-state index is 12.2. The molecule has 0 spiro atoms. The van der Waals surface area contributed by atoms with Gasteiger partial charge in [-0.2, -0.15) is 0 Å². The fraction of sp³-hybridized carbons (Fsp3) is 0.615. The van der Waals surface area contributed by atoms with E-state index in [0.29, 0.717) is 5.69 Å². The largest absolute Gasteiger partial charge is 0.337 e. The van der Waals surface area contributed by atoms with Gasteiger partial charge in [-0.25, -0.2) is 4.98 Å². The number of rotatable bonds is 1. The highest BCUT2D eigenvalue weighted by atomic mass is 16.2. The van der Waals surface area contributed by atoms with Crippen molar-refractivity contribution in [3.05, 3.63) is 23.8 Å². The molecule has 2 unspecified atom stereocenters. The zero-order chi connectivity index (χ0) is 11.8. The summed E-state index contributed by atoms with van der Waals surface area (Å²) >= 11 is 0. The predicted octanol–water partition coefficient (Wildman–Crippen LogP) is 1.66. The summed E-state index contributed by atoms with van der Waals surface area (Å²) in [5.41, 5.74) is 1.33. The van der Waals surface area contributed by atoms with Gasteiger partial charge in [0.1, 0.15) is 5.69 Å². The highest BCUT2D eigenvalue weighted by Gasteiger charge is 2.38. The van der Waals surface area contributed by atoms with E-state index in [1.807, 2.05) is 11.8 Å². The lowest BCUT2D eigenvalue weighted by molar-refractivity contribution is 0.0774. The Hall–Kier alpha value is -1.45. The molecule has 1 saturated carbocycles. The van der Waals surface area contributed by atoms with Crippen LogP contribution in [0.2, 0.25) is 0 Å². The van der Waals surface area contributed by atoms with Gasteiger partial charge in [0.05, 0.1) is 11.9 Å². The second-order valence-electron chi connectivity index (χ2n) is 5.20. The van der Waals surface area contributed by atoms with Gasteiger partial charge < -0.3 is 4.90 Å². The summed E-state index contributed by atoms with van der Waals surface area (Å²) in [7, 11) is 0. The number of hydrogen-bond donors (Lipinski definition) is 0. The molecule has 2 aliphatic rings. The smallest absolute Gasteiger partial charge is 0.274 e. The van der Waals surface area contributed by atoms with Gasteiger partial charge >= 0.3 is 0 Å². The van der Waals surface area contributed by atoms with Crippen molar-refractivity contribution in [3.8, 4) is 0 Å². The molecule has 0 aromatic carbocycles. The van der Waals surface area contributed by atoms with E-state index in [1.165, 1.54) is 19.3 Å². The number of carbonyl (C=O) groups excluding carboxylic acids is 1. The Morgan fingerprint density at radius 2 is 1.94 bits per heavy atom. The fourth-order valence-corrected chi connectivity index (χ4v) is 3.07. The summed E-state index contributed by atoms with van der Waals surface area (Å²) in [6, 6.07) is 0. The van der Waals surface area contributed by atoms with E-state index in [4.69, 9.17) is 0 Å². The van der Waals surface area contributed by atoms with Gasteiger partial charge in [0.15, 0.2) is 0 Å². The van der Waals surface area contributed by atoms with Crippen LogP contribution in [0.3, 0.4) is 0 Å². The average Bonchev–Trinajstić information content (AvgIpc) is 2.89. The number of nitrogens with zero attached hydrogens (tertiary/aromatic N) is 3. The molecule has 4 nitrogen and oxygen atoms in total. The van der Waals surface area contributed by atoms with Crippen molar-refractivity contribution in [1.82, 2.24) is 14.9 Å². The molecule has 1 saturated heterocycles. The second-order valence-corrected chi connectivity index (χ2v) is 5.20. The maximum absolute atomic E-state index is 12.2. The first kappa shape index (κ1) is 10.7. The van der Waals surface area contributed by atoms with E-state index >= 15 is 0 Å². The molecule has 0 bridgehead atoms. The van der Waals surface area contributed by atoms with Crippen LogP contribution in [0, 0.1) is 18.8 Å².